The van der Waals surface area contributed by atoms with Crippen molar-refractivity contribution in [3.8, 4) is 0 Å². The Labute approximate surface area is 125 Å². The minimum Gasteiger partial charge on any atom is -0.394 e. The Bertz CT molecular complexity index is 474. The maximum Gasteiger partial charge on any atom is 0.177 e. The summed E-state index contributed by atoms with van der Waals surface area (Å²) in [4.78, 5) is 0.0763. The fraction of sp³-hybridized carbons (Fsp3) is 0.667. The molecular weight excluding hydrogens is 303 g/mol. The van der Waals surface area contributed by atoms with E-state index in [2.05, 4.69) is 10.3 Å². The Morgan fingerprint density at radius 3 is 2.75 bits per heavy atom. The number of ether oxygens (including phenoxy) is 1. The third-order valence-corrected chi connectivity index (χ3v) is 4.21. The van der Waals surface area contributed by atoms with E-state index in [0.29, 0.717) is 5.69 Å². The lowest BCUT2D eigenvalue weighted by atomic mass is 9.97. The van der Waals surface area contributed by atoms with Crippen molar-refractivity contribution < 1.29 is 20.1 Å². The third-order valence-electron chi connectivity index (χ3n) is 3.15. The molecule has 2 rings (SSSR count). The van der Waals surface area contributed by atoms with Gasteiger partial charge in [0.1, 0.15) is 40.5 Å². The van der Waals surface area contributed by atoms with Gasteiger partial charge in [0.05, 0.1) is 12.8 Å². The molecule has 1 saturated heterocycles. The number of thiocarbonyl (C=S) groups is 1. The Hall–Kier alpha value is -0.715. The molecule has 0 bridgehead atoms. The van der Waals surface area contributed by atoms with Gasteiger partial charge in [0.15, 0.2) is 7.12 Å². The van der Waals surface area contributed by atoms with Gasteiger partial charge in [-0.2, -0.15) is 11.6 Å². The van der Waals surface area contributed by atoms with Crippen molar-refractivity contribution >= 4 is 35.9 Å². The van der Waals surface area contributed by atoms with Gasteiger partial charge in [0, 0.05) is 0 Å². The van der Waals surface area contributed by atoms with Crippen molar-refractivity contribution in [3.05, 3.63) is 11.9 Å². The second kappa shape index (κ2) is 6.37. The number of aliphatic hydroxyl groups excluding tert-OH is 3. The van der Waals surface area contributed by atoms with Gasteiger partial charge in [-0.3, -0.25) is 0 Å². The van der Waals surface area contributed by atoms with Gasteiger partial charge in [-0.25, -0.2) is 4.68 Å². The number of aromatic nitrogens is 3. The fourth-order valence-corrected chi connectivity index (χ4v) is 2.90. The normalized spacial score (nSPS) is 34.0. The molecule has 1 aliphatic rings. The van der Waals surface area contributed by atoms with Crippen molar-refractivity contribution in [3.63, 3.8) is 0 Å². The summed E-state index contributed by atoms with van der Waals surface area (Å²) < 4.78 is 6.72. The molecule has 2 heterocycles. The molecule has 1 fully saturated rings. The molecule has 0 saturated carbocycles. The van der Waals surface area contributed by atoms with Crippen molar-refractivity contribution in [2.45, 2.75) is 29.8 Å². The zero-order chi connectivity index (χ0) is 14.9. The zero-order valence-electron chi connectivity index (χ0n) is 10.7. The summed E-state index contributed by atoms with van der Waals surface area (Å²) in [7, 11) is 1.76. The largest absolute Gasteiger partial charge is 0.394 e. The Morgan fingerprint density at radius 2 is 2.25 bits per heavy atom. The van der Waals surface area contributed by atoms with Crippen molar-refractivity contribution in [2.24, 2.45) is 5.73 Å². The fourth-order valence-electron chi connectivity index (χ4n) is 2.11. The Morgan fingerprint density at radius 1 is 1.55 bits per heavy atom. The van der Waals surface area contributed by atoms with E-state index in [4.69, 9.17) is 22.7 Å². The lowest BCUT2D eigenvalue weighted by Crippen LogP contribution is -2.55. The molecule has 20 heavy (non-hydrogen) atoms. The number of nitrogens with two attached hydrogens (primary N) is 1. The monoisotopic (exact) mass is 318 g/mol. The molecule has 0 aliphatic carbocycles. The van der Waals surface area contributed by atoms with Crippen LogP contribution in [-0.2, 0) is 4.74 Å². The molecule has 1 aromatic heterocycles. The van der Waals surface area contributed by atoms with Crippen LogP contribution in [-0.4, -0.2) is 72.8 Å². The van der Waals surface area contributed by atoms with Gasteiger partial charge in [-0.05, 0) is 0 Å². The molecule has 0 aromatic carbocycles. The minimum atomic E-state index is -1.13. The topological polar surface area (TPSA) is 127 Å². The maximum atomic E-state index is 10.3. The number of hydrogen-bond donors (Lipinski definition) is 4. The van der Waals surface area contributed by atoms with E-state index in [1.54, 1.807) is 7.12 Å². The molecular formula is C9H15BN4O4S2. The molecule has 0 spiro atoms. The summed E-state index contributed by atoms with van der Waals surface area (Å²) in [6.45, 7) is -0.363. The van der Waals surface area contributed by atoms with Gasteiger partial charge in [-0.1, -0.05) is 17.4 Å². The van der Waals surface area contributed by atoms with E-state index in [1.165, 1.54) is 22.5 Å². The number of hydrogen-bond acceptors (Lipinski definition) is 8. The van der Waals surface area contributed by atoms with Crippen LogP contribution in [0.5, 0.6) is 0 Å². The van der Waals surface area contributed by atoms with Crippen molar-refractivity contribution in [2.75, 3.05) is 6.61 Å². The van der Waals surface area contributed by atoms with Gasteiger partial charge in [0.2, 0.25) is 0 Å². The Balaban J connectivity index is 2.31. The van der Waals surface area contributed by atoms with Crippen LogP contribution in [0.25, 0.3) is 0 Å². The molecule has 11 heteroatoms. The minimum absolute atomic E-state index is 0.0763. The predicted molar refractivity (Wildman–Crippen MR) is 78.8 cm³/mol. The molecule has 110 valence electrons. The van der Waals surface area contributed by atoms with Crippen LogP contribution in [0, 0.1) is 0 Å². The lowest BCUT2D eigenvalue weighted by Gasteiger charge is -2.41. The summed E-state index contributed by atoms with van der Waals surface area (Å²) in [5, 5.41) is 37.3. The van der Waals surface area contributed by atoms with Gasteiger partial charge in [0.25, 0.3) is 0 Å². The Kier molecular flexibility index (Phi) is 4.99. The first-order valence-electron chi connectivity index (χ1n) is 5.86. The molecule has 8 nitrogen and oxygen atoms in total. The summed E-state index contributed by atoms with van der Waals surface area (Å²) in [6.07, 6.45) is -1.49. The highest BCUT2D eigenvalue weighted by molar-refractivity contribution is 8.20. The van der Waals surface area contributed by atoms with Gasteiger partial charge >= 0.3 is 0 Å². The van der Waals surface area contributed by atoms with E-state index in [1.807, 2.05) is 0 Å². The number of aliphatic hydroxyl groups is 3. The van der Waals surface area contributed by atoms with Crippen molar-refractivity contribution in [1.82, 2.24) is 15.0 Å². The van der Waals surface area contributed by atoms with Crippen LogP contribution in [0.3, 0.4) is 0 Å². The van der Waals surface area contributed by atoms with E-state index in [-0.39, 0.29) is 11.6 Å². The van der Waals surface area contributed by atoms with E-state index < -0.39 is 29.8 Å². The molecule has 1 aliphatic heterocycles. The highest BCUT2D eigenvalue weighted by Crippen LogP contribution is 2.33. The quantitative estimate of drug-likeness (QED) is 0.343. The molecule has 1 aromatic rings. The lowest BCUT2D eigenvalue weighted by molar-refractivity contribution is -0.178. The number of rotatable bonds is 4. The van der Waals surface area contributed by atoms with Crippen LogP contribution in [0.1, 0.15) is 11.7 Å². The zero-order valence-corrected chi connectivity index (χ0v) is 12.3. The molecule has 0 amide bonds. The van der Waals surface area contributed by atoms with Gasteiger partial charge in [-0.15, -0.1) is 5.10 Å². The summed E-state index contributed by atoms with van der Waals surface area (Å²) in [5.74, 6) is 0. The van der Waals surface area contributed by atoms with Gasteiger partial charge < -0.3 is 25.8 Å². The standard InChI is InChI=1S/C9H15BN4O4S2/c10-20-9-7(17)5(6(16)4(2-15)18-9)14-1-3(8(11)19)12-13-14/h1,4-7,9,15-17H,2,10H2,(H2,11,19)/t4?,5?,6-,7?,9+/m0/s1. The van der Waals surface area contributed by atoms with Crippen LogP contribution >= 0.6 is 23.8 Å². The average Bonchev–Trinajstić information content (AvgIpc) is 2.89. The van der Waals surface area contributed by atoms with Crippen LogP contribution in [0.15, 0.2) is 6.20 Å². The highest BCUT2D eigenvalue weighted by Gasteiger charge is 2.45. The van der Waals surface area contributed by atoms with Crippen LogP contribution in [0.2, 0.25) is 0 Å². The molecule has 5 atom stereocenters. The van der Waals surface area contributed by atoms with Crippen molar-refractivity contribution in [1.29, 1.82) is 0 Å². The summed E-state index contributed by atoms with van der Waals surface area (Å²) in [6, 6.07) is -0.797. The first-order valence-corrected chi connectivity index (χ1v) is 7.56. The second-order valence-electron chi connectivity index (χ2n) is 4.38. The van der Waals surface area contributed by atoms with E-state index in [9.17, 15) is 15.3 Å². The second-order valence-corrected chi connectivity index (χ2v) is 5.76. The SMILES string of the molecule is BS[C@H]1OC(CO)[C@H](O)C(n2cc(C(N)=S)nn2)C1O. The first kappa shape index (κ1) is 15.7. The average molecular weight is 318 g/mol. The molecule has 0 radical (unpaired) electrons. The predicted octanol–water partition coefficient (Wildman–Crippen LogP) is -2.83. The highest BCUT2D eigenvalue weighted by atomic mass is 32.2. The smallest absolute Gasteiger partial charge is 0.177 e. The summed E-state index contributed by atoms with van der Waals surface area (Å²) >= 11 is 6.08. The van der Waals surface area contributed by atoms with E-state index in [0.717, 1.165) is 0 Å². The molecule has 5 N–H and O–H groups in total. The number of nitrogens with zero attached hydrogens (tertiary/aromatic N) is 3. The molecule has 3 unspecified atom stereocenters. The maximum absolute atomic E-state index is 10.3. The van der Waals surface area contributed by atoms with Crippen LogP contribution in [0.4, 0.5) is 0 Å². The first-order chi connectivity index (χ1) is 9.49. The van der Waals surface area contributed by atoms with Crippen LogP contribution < -0.4 is 5.73 Å². The van der Waals surface area contributed by atoms with E-state index >= 15 is 0 Å². The third kappa shape index (κ3) is 2.82. The summed E-state index contributed by atoms with van der Waals surface area (Å²) in [5.41, 5.74) is 5.17.